The number of para-hydroxylation sites is 2. The molecule has 0 spiro atoms. The number of benzene rings is 5. The molecule has 40 heavy (non-hydrogen) atoms. The van der Waals surface area contributed by atoms with E-state index in [0.29, 0.717) is 0 Å². The van der Waals surface area contributed by atoms with Crippen molar-refractivity contribution in [3.05, 3.63) is 145 Å². The normalized spacial score (nSPS) is 15.5. The molecule has 0 unspecified atom stereocenters. The van der Waals surface area contributed by atoms with Crippen LogP contribution in [0.2, 0.25) is 0 Å². The van der Waals surface area contributed by atoms with Crippen molar-refractivity contribution in [2.75, 3.05) is 0 Å². The van der Waals surface area contributed by atoms with Gasteiger partial charge in [-0.2, -0.15) is 0 Å². The van der Waals surface area contributed by atoms with Gasteiger partial charge in [-0.25, -0.2) is 5.84 Å². The predicted molar refractivity (Wildman–Crippen MR) is 167 cm³/mol. The van der Waals surface area contributed by atoms with E-state index < -0.39 is 0 Å². The fourth-order valence-electron chi connectivity index (χ4n) is 6.50. The van der Waals surface area contributed by atoms with E-state index in [4.69, 9.17) is 5.84 Å². The van der Waals surface area contributed by atoms with Gasteiger partial charge in [0.1, 0.15) is 0 Å². The maximum Gasteiger partial charge on any atom is 0.0880 e. The number of nitrogens with two attached hydrogens (primary N) is 1. The van der Waals surface area contributed by atoms with Crippen molar-refractivity contribution in [1.29, 1.82) is 0 Å². The Morgan fingerprint density at radius 2 is 1.40 bits per heavy atom. The molecule has 0 amide bonds. The lowest BCUT2D eigenvalue weighted by Crippen LogP contribution is -2.41. The molecule has 1 atom stereocenters. The maximum absolute atomic E-state index is 6.74. The van der Waals surface area contributed by atoms with Gasteiger partial charge in [0.2, 0.25) is 0 Å². The average Bonchev–Trinajstić information content (AvgIpc) is 3.58. The van der Waals surface area contributed by atoms with Crippen molar-refractivity contribution >= 4 is 49.1 Å². The number of hydrogen-bond acceptors (Lipinski definition) is 2. The number of aromatic nitrogens is 2. The molecular weight excluding hydrogens is 488 g/mol. The Bertz CT molecular complexity index is 2100. The number of fused-ring (bicyclic) bond motifs is 6. The summed E-state index contributed by atoms with van der Waals surface area (Å²) in [6.07, 6.45) is 8.44. The Balaban J connectivity index is 1.34. The van der Waals surface area contributed by atoms with Crippen LogP contribution < -0.4 is 5.84 Å². The first kappa shape index (κ1) is 22.9. The first-order valence-corrected chi connectivity index (χ1v) is 13.7. The lowest BCUT2D eigenvalue weighted by Gasteiger charge is -2.32. The molecule has 8 rings (SSSR count). The minimum Gasteiger partial charge on any atom is -0.337 e. The van der Waals surface area contributed by atoms with Gasteiger partial charge in [0, 0.05) is 46.3 Å². The molecule has 1 aliphatic rings. The minimum absolute atomic E-state index is 0.0405. The fourth-order valence-corrected chi connectivity index (χ4v) is 6.50. The summed E-state index contributed by atoms with van der Waals surface area (Å²) in [7, 11) is 0. The highest BCUT2D eigenvalue weighted by atomic mass is 15.4. The van der Waals surface area contributed by atoms with Crippen LogP contribution in [0.3, 0.4) is 0 Å². The molecule has 0 radical (unpaired) electrons. The minimum atomic E-state index is -0.0405. The molecule has 4 heteroatoms. The van der Waals surface area contributed by atoms with Crippen LogP contribution in [0.25, 0.3) is 54.7 Å². The van der Waals surface area contributed by atoms with E-state index in [1.807, 2.05) is 11.2 Å². The van der Waals surface area contributed by atoms with Gasteiger partial charge in [-0.15, -0.1) is 0 Å². The van der Waals surface area contributed by atoms with Crippen LogP contribution in [0.4, 0.5) is 0 Å². The van der Waals surface area contributed by atoms with Crippen LogP contribution in [-0.4, -0.2) is 20.2 Å². The second kappa shape index (κ2) is 9.01. The highest BCUT2D eigenvalue weighted by Crippen LogP contribution is 2.38. The van der Waals surface area contributed by atoms with Crippen molar-refractivity contribution in [3.8, 4) is 5.69 Å². The largest absolute Gasteiger partial charge is 0.337 e. The molecule has 5 aromatic carbocycles. The molecule has 2 N–H and O–H groups in total. The summed E-state index contributed by atoms with van der Waals surface area (Å²) in [5.41, 5.74) is 7.27. The number of hydrazine groups is 1. The highest BCUT2D eigenvalue weighted by Gasteiger charge is 2.26. The smallest absolute Gasteiger partial charge is 0.0880 e. The van der Waals surface area contributed by atoms with Gasteiger partial charge in [0.05, 0.1) is 17.1 Å². The molecule has 7 aromatic rings. The molecular formula is C36H28N4. The molecule has 0 aliphatic carbocycles. The third-order valence-electron chi connectivity index (χ3n) is 8.34. The first-order valence-electron chi connectivity index (χ1n) is 13.7. The van der Waals surface area contributed by atoms with Crippen LogP contribution in [-0.2, 0) is 6.54 Å². The van der Waals surface area contributed by atoms with Crippen molar-refractivity contribution < 1.29 is 0 Å². The topological polar surface area (TPSA) is 39.1 Å². The summed E-state index contributed by atoms with van der Waals surface area (Å²) in [5.74, 6) is 6.74. The van der Waals surface area contributed by atoms with Gasteiger partial charge in [-0.1, -0.05) is 91.0 Å². The number of allylic oxidation sites excluding steroid dienone is 2. The van der Waals surface area contributed by atoms with E-state index in [2.05, 4.69) is 143 Å². The molecule has 0 fully saturated rings. The van der Waals surface area contributed by atoms with E-state index in [-0.39, 0.29) is 6.04 Å². The molecule has 0 saturated carbocycles. The van der Waals surface area contributed by atoms with Crippen molar-refractivity contribution in [2.24, 2.45) is 5.84 Å². The quantitative estimate of drug-likeness (QED) is 0.240. The van der Waals surface area contributed by atoms with Gasteiger partial charge in [-0.3, -0.25) is 0 Å². The SMILES string of the molecule is NN1C=CC=C(c2cccc3ccccc23)[C@H]1Cn1c2ccccc2c2ccc3c(ccn3-c3ccccc3)c21. The summed E-state index contributed by atoms with van der Waals surface area (Å²) in [6, 6.07) is 41.1. The van der Waals surface area contributed by atoms with Gasteiger partial charge in [0.25, 0.3) is 0 Å². The van der Waals surface area contributed by atoms with Crippen LogP contribution in [0.5, 0.6) is 0 Å². The Morgan fingerprint density at radius 1 is 0.625 bits per heavy atom. The van der Waals surface area contributed by atoms with Gasteiger partial charge < -0.3 is 14.1 Å². The number of nitrogens with zero attached hydrogens (tertiary/aromatic N) is 3. The Labute approximate surface area is 232 Å². The summed E-state index contributed by atoms with van der Waals surface area (Å²) in [5, 5.41) is 8.11. The summed E-state index contributed by atoms with van der Waals surface area (Å²) >= 11 is 0. The first-order chi connectivity index (χ1) is 19.8. The zero-order chi connectivity index (χ0) is 26.6. The van der Waals surface area contributed by atoms with E-state index in [0.717, 1.165) is 12.2 Å². The maximum atomic E-state index is 6.74. The molecule has 3 heterocycles. The summed E-state index contributed by atoms with van der Waals surface area (Å²) in [6.45, 7) is 0.718. The van der Waals surface area contributed by atoms with Crippen LogP contribution in [0.15, 0.2) is 140 Å². The summed E-state index contributed by atoms with van der Waals surface area (Å²) < 4.78 is 4.75. The van der Waals surface area contributed by atoms with E-state index in [1.54, 1.807) is 0 Å². The molecule has 192 valence electrons. The molecule has 0 bridgehead atoms. The molecule has 1 aliphatic heterocycles. The van der Waals surface area contributed by atoms with Gasteiger partial charge in [0.15, 0.2) is 0 Å². The van der Waals surface area contributed by atoms with Crippen LogP contribution in [0, 0.1) is 0 Å². The second-order valence-corrected chi connectivity index (χ2v) is 10.5. The van der Waals surface area contributed by atoms with E-state index in [1.165, 1.54) is 54.6 Å². The van der Waals surface area contributed by atoms with Crippen molar-refractivity contribution in [2.45, 2.75) is 12.6 Å². The van der Waals surface area contributed by atoms with Crippen molar-refractivity contribution in [1.82, 2.24) is 14.1 Å². The van der Waals surface area contributed by atoms with Crippen molar-refractivity contribution in [3.63, 3.8) is 0 Å². The second-order valence-electron chi connectivity index (χ2n) is 10.5. The lowest BCUT2D eigenvalue weighted by molar-refractivity contribution is 0.312. The standard InChI is InChI=1S/C36H28N4/c37-40-22-9-17-29(28-16-8-11-25-10-4-5-14-27(25)28)35(40)24-39-33-18-7-6-15-30(33)31-19-20-34-32(36(31)39)21-23-38(34)26-12-2-1-3-13-26/h1-23,35H,24,37H2/t35-/m1/s1. The zero-order valence-electron chi connectivity index (χ0n) is 22.0. The molecule has 4 nitrogen and oxygen atoms in total. The summed E-state index contributed by atoms with van der Waals surface area (Å²) in [4.78, 5) is 0. The Kier molecular flexibility index (Phi) is 5.15. The van der Waals surface area contributed by atoms with Gasteiger partial charge >= 0.3 is 0 Å². The average molecular weight is 517 g/mol. The number of hydrogen-bond donors (Lipinski definition) is 1. The Hall–Kier alpha value is -5.06. The predicted octanol–water partition coefficient (Wildman–Crippen LogP) is 8.05. The molecule has 2 aromatic heterocycles. The third kappa shape index (κ3) is 3.43. The van der Waals surface area contributed by atoms with E-state index in [9.17, 15) is 0 Å². The monoisotopic (exact) mass is 516 g/mol. The van der Waals surface area contributed by atoms with E-state index >= 15 is 0 Å². The van der Waals surface area contributed by atoms with Gasteiger partial charge in [-0.05, 0) is 58.3 Å². The van der Waals surface area contributed by atoms with Crippen LogP contribution >= 0.6 is 0 Å². The highest BCUT2D eigenvalue weighted by molar-refractivity contribution is 6.17. The zero-order valence-corrected chi connectivity index (χ0v) is 22.0. The molecule has 0 saturated heterocycles. The third-order valence-corrected chi connectivity index (χ3v) is 8.34. The lowest BCUT2D eigenvalue weighted by atomic mass is 9.91. The van der Waals surface area contributed by atoms with Crippen LogP contribution in [0.1, 0.15) is 5.56 Å². The Morgan fingerprint density at radius 3 is 2.30 bits per heavy atom. The number of rotatable bonds is 4. The fraction of sp³-hybridized carbons (Fsp3) is 0.0556.